The van der Waals surface area contributed by atoms with Gasteiger partial charge in [0.2, 0.25) is 5.91 Å². The van der Waals surface area contributed by atoms with Crippen LogP contribution in [-0.4, -0.2) is 36.3 Å². The second-order valence-corrected chi connectivity index (χ2v) is 7.48. The van der Waals surface area contributed by atoms with E-state index in [9.17, 15) is 14.0 Å². The second-order valence-electron chi connectivity index (χ2n) is 7.48. The van der Waals surface area contributed by atoms with E-state index in [1.807, 2.05) is 36.1 Å². The van der Waals surface area contributed by atoms with Crippen LogP contribution in [0.25, 0.3) is 0 Å². The van der Waals surface area contributed by atoms with Crippen molar-refractivity contribution in [3.05, 3.63) is 65.5 Å². The normalized spacial score (nSPS) is 22.5. The summed E-state index contributed by atoms with van der Waals surface area (Å²) in [5, 5.41) is 0. The number of nitrogens with zero attached hydrogens (tertiary/aromatic N) is 2. The van der Waals surface area contributed by atoms with Crippen LogP contribution in [0.2, 0.25) is 0 Å². The summed E-state index contributed by atoms with van der Waals surface area (Å²) in [6, 6.07) is 13.6. The van der Waals surface area contributed by atoms with Crippen molar-refractivity contribution in [2.45, 2.75) is 19.8 Å². The van der Waals surface area contributed by atoms with Gasteiger partial charge >= 0.3 is 0 Å². The number of likely N-dealkylation sites (tertiary alicyclic amines) is 1. The predicted molar refractivity (Wildman–Crippen MR) is 97.5 cm³/mol. The fourth-order valence-electron chi connectivity index (χ4n) is 4.01. The topological polar surface area (TPSA) is 40.6 Å². The monoisotopic (exact) mass is 352 g/mol. The van der Waals surface area contributed by atoms with Crippen molar-refractivity contribution in [1.82, 2.24) is 4.90 Å². The van der Waals surface area contributed by atoms with E-state index < -0.39 is 0 Å². The SMILES string of the molecule is Cc1ccc(N2C[C@]3(CCN(C(=O)c4ccc(F)cc4)C3)CC2=O)cc1. The number of hydrogen-bond acceptors (Lipinski definition) is 2. The Hall–Kier alpha value is -2.69. The van der Waals surface area contributed by atoms with Crippen molar-refractivity contribution < 1.29 is 14.0 Å². The molecule has 2 aliphatic heterocycles. The molecule has 0 aliphatic carbocycles. The van der Waals surface area contributed by atoms with E-state index in [1.54, 1.807) is 4.90 Å². The molecular weight excluding hydrogens is 331 g/mol. The molecule has 0 N–H and O–H groups in total. The maximum Gasteiger partial charge on any atom is 0.253 e. The lowest BCUT2D eigenvalue weighted by atomic mass is 9.86. The molecule has 2 amide bonds. The van der Waals surface area contributed by atoms with Gasteiger partial charge in [-0.1, -0.05) is 17.7 Å². The Bertz CT molecular complexity index is 847. The fourth-order valence-corrected chi connectivity index (χ4v) is 4.01. The highest BCUT2D eigenvalue weighted by atomic mass is 19.1. The standard InChI is InChI=1S/C21H21FN2O2/c1-15-2-8-18(9-3-15)24-14-21(12-19(24)25)10-11-23(13-21)20(26)16-4-6-17(22)7-5-16/h2-9H,10-14H2,1H3/t21-/m1/s1. The van der Waals surface area contributed by atoms with E-state index in [0.29, 0.717) is 31.6 Å². The molecule has 0 radical (unpaired) electrons. The summed E-state index contributed by atoms with van der Waals surface area (Å²) in [6.45, 7) is 3.86. The minimum Gasteiger partial charge on any atom is -0.338 e. The van der Waals surface area contributed by atoms with Gasteiger partial charge in [-0.3, -0.25) is 9.59 Å². The molecule has 0 bridgehead atoms. The molecule has 5 heteroatoms. The third-order valence-corrected chi connectivity index (χ3v) is 5.48. The summed E-state index contributed by atoms with van der Waals surface area (Å²) in [7, 11) is 0. The molecule has 2 aromatic rings. The van der Waals surface area contributed by atoms with E-state index in [-0.39, 0.29) is 23.0 Å². The molecule has 4 nitrogen and oxygen atoms in total. The number of hydrogen-bond donors (Lipinski definition) is 0. The van der Waals surface area contributed by atoms with Crippen molar-refractivity contribution in [1.29, 1.82) is 0 Å². The molecular formula is C21H21FN2O2. The molecule has 0 aromatic heterocycles. The highest BCUT2D eigenvalue weighted by Gasteiger charge is 2.48. The average Bonchev–Trinajstić information content (AvgIpc) is 3.19. The van der Waals surface area contributed by atoms with Gasteiger partial charge in [0.1, 0.15) is 5.82 Å². The number of amides is 2. The van der Waals surface area contributed by atoms with Crippen LogP contribution in [0.1, 0.15) is 28.8 Å². The molecule has 134 valence electrons. The first-order chi connectivity index (χ1) is 12.5. The maximum atomic E-state index is 13.1. The van der Waals surface area contributed by atoms with Crippen LogP contribution in [0, 0.1) is 18.2 Å². The number of aryl methyl sites for hydroxylation is 1. The zero-order chi connectivity index (χ0) is 18.3. The molecule has 2 aliphatic rings. The Balaban J connectivity index is 1.49. The largest absolute Gasteiger partial charge is 0.338 e. The van der Waals surface area contributed by atoms with Gasteiger partial charge in [-0.25, -0.2) is 4.39 Å². The Labute approximate surface area is 152 Å². The van der Waals surface area contributed by atoms with E-state index in [4.69, 9.17) is 0 Å². The van der Waals surface area contributed by atoms with E-state index in [0.717, 1.165) is 17.7 Å². The third-order valence-electron chi connectivity index (χ3n) is 5.48. The lowest BCUT2D eigenvalue weighted by molar-refractivity contribution is -0.117. The van der Waals surface area contributed by atoms with Crippen molar-refractivity contribution in [3.8, 4) is 0 Å². The molecule has 0 unspecified atom stereocenters. The summed E-state index contributed by atoms with van der Waals surface area (Å²) in [6.07, 6.45) is 1.28. The summed E-state index contributed by atoms with van der Waals surface area (Å²) < 4.78 is 13.1. The Kier molecular flexibility index (Phi) is 4.02. The quantitative estimate of drug-likeness (QED) is 0.831. The average molecular weight is 352 g/mol. The van der Waals surface area contributed by atoms with Crippen LogP contribution >= 0.6 is 0 Å². The number of halogens is 1. The number of carbonyl (C=O) groups is 2. The van der Waals surface area contributed by atoms with Gasteiger partial charge < -0.3 is 9.80 Å². The molecule has 1 spiro atoms. The number of carbonyl (C=O) groups excluding carboxylic acids is 2. The van der Waals surface area contributed by atoms with Crippen LogP contribution < -0.4 is 4.90 Å². The Morgan fingerprint density at radius 1 is 1.04 bits per heavy atom. The minimum atomic E-state index is -0.352. The van der Waals surface area contributed by atoms with E-state index in [2.05, 4.69) is 0 Å². The lowest BCUT2D eigenvalue weighted by Crippen LogP contribution is -2.34. The van der Waals surface area contributed by atoms with Crippen molar-refractivity contribution in [2.75, 3.05) is 24.5 Å². The van der Waals surface area contributed by atoms with Gasteiger partial charge in [-0.15, -0.1) is 0 Å². The van der Waals surface area contributed by atoms with E-state index >= 15 is 0 Å². The van der Waals surface area contributed by atoms with Gasteiger partial charge in [0.25, 0.3) is 5.91 Å². The van der Waals surface area contributed by atoms with Crippen molar-refractivity contribution in [3.63, 3.8) is 0 Å². The number of rotatable bonds is 2. The van der Waals surface area contributed by atoms with Gasteiger partial charge in [0, 0.05) is 42.7 Å². The van der Waals surface area contributed by atoms with E-state index in [1.165, 1.54) is 24.3 Å². The summed E-state index contributed by atoms with van der Waals surface area (Å²) >= 11 is 0. The highest BCUT2D eigenvalue weighted by Crippen LogP contribution is 2.42. The smallest absolute Gasteiger partial charge is 0.253 e. The molecule has 2 heterocycles. The van der Waals surface area contributed by atoms with Crippen LogP contribution in [-0.2, 0) is 4.79 Å². The maximum absolute atomic E-state index is 13.1. The van der Waals surface area contributed by atoms with Crippen LogP contribution in [0.15, 0.2) is 48.5 Å². The van der Waals surface area contributed by atoms with Crippen LogP contribution in [0.3, 0.4) is 0 Å². The molecule has 1 atom stereocenters. The molecule has 2 saturated heterocycles. The van der Waals surface area contributed by atoms with Crippen molar-refractivity contribution >= 4 is 17.5 Å². The summed E-state index contributed by atoms with van der Waals surface area (Å²) in [5.74, 6) is -0.331. The fraction of sp³-hybridized carbons (Fsp3) is 0.333. The lowest BCUT2D eigenvalue weighted by Gasteiger charge is -2.24. The second kappa shape index (κ2) is 6.24. The first-order valence-corrected chi connectivity index (χ1v) is 8.88. The van der Waals surface area contributed by atoms with Gasteiger partial charge in [0.15, 0.2) is 0 Å². The molecule has 0 saturated carbocycles. The van der Waals surface area contributed by atoms with Crippen LogP contribution in [0.5, 0.6) is 0 Å². The van der Waals surface area contributed by atoms with Gasteiger partial charge in [-0.2, -0.15) is 0 Å². The highest BCUT2D eigenvalue weighted by molar-refractivity contribution is 5.97. The first-order valence-electron chi connectivity index (χ1n) is 8.88. The Morgan fingerprint density at radius 3 is 2.42 bits per heavy atom. The third kappa shape index (κ3) is 2.98. The number of benzene rings is 2. The molecule has 2 fully saturated rings. The zero-order valence-electron chi connectivity index (χ0n) is 14.7. The van der Waals surface area contributed by atoms with Crippen LogP contribution in [0.4, 0.5) is 10.1 Å². The summed E-state index contributed by atoms with van der Waals surface area (Å²) in [5.41, 5.74) is 2.38. The molecule has 26 heavy (non-hydrogen) atoms. The Morgan fingerprint density at radius 2 is 1.73 bits per heavy atom. The minimum absolute atomic E-state index is 0.0943. The molecule has 2 aromatic carbocycles. The number of anilines is 1. The van der Waals surface area contributed by atoms with Gasteiger partial charge in [0.05, 0.1) is 0 Å². The summed E-state index contributed by atoms with van der Waals surface area (Å²) in [4.78, 5) is 28.9. The van der Waals surface area contributed by atoms with Gasteiger partial charge in [-0.05, 0) is 49.7 Å². The predicted octanol–water partition coefficient (Wildman–Crippen LogP) is 3.40. The van der Waals surface area contributed by atoms with Crippen molar-refractivity contribution in [2.24, 2.45) is 5.41 Å². The zero-order valence-corrected chi connectivity index (χ0v) is 14.7. The molecule has 4 rings (SSSR count). The first kappa shape index (κ1) is 16.8.